The highest BCUT2D eigenvalue weighted by molar-refractivity contribution is 6.37. The summed E-state index contributed by atoms with van der Waals surface area (Å²) in [5.74, 6) is -0.122. The molecule has 0 aromatic heterocycles. The summed E-state index contributed by atoms with van der Waals surface area (Å²) in [7, 11) is 0. The third-order valence-corrected chi connectivity index (χ3v) is 5.44. The van der Waals surface area contributed by atoms with Crippen LogP contribution in [-0.4, -0.2) is 29.8 Å². The van der Waals surface area contributed by atoms with E-state index in [4.69, 9.17) is 0 Å². The number of hydrogen-bond acceptors (Lipinski definition) is 3. The normalized spacial score (nSPS) is 13.9. The lowest BCUT2D eigenvalue weighted by atomic mass is 10.00. The number of carbonyl (C=O) groups is 2. The molecule has 0 radical (unpaired) electrons. The third-order valence-electron chi connectivity index (χ3n) is 5.44. The Kier molecular flexibility index (Phi) is 5.85. The molecule has 3 aromatic carbocycles. The van der Waals surface area contributed by atoms with Crippen molar-refractivity contribution < 1.29 is 9.59 Å². The molecule has 0 bridgehead atoms. The summed E-state index contributed by atoms with van der Waals surface area (Å²) < 4.78 is 0. The van der Waals surface area contributed by atoms with Crippen LogP contribution < -0.4 is 10.6 Å². The second-order valence-corrected chi connectivity index (χ2v) is 7.30. The predicted molar refractivity (Wildman–Crippen MR) is 126 cm³/mol. The molecule has 0 aliphatic carbocycles. The van der Waals surface area contributed by atoms with Gasteiger partial charge in [-0.3, -0.25) is 9.59 Å². The van der Waals surface area contributed by atoms with Gasteiger partial charge >= 0.3 is 0 Å². The minimum atomic E-state index is -0.138. The third kappa shape index (κ3) is 4.08. The van der Waals surface area contributed by atoms with Crippen molar-refractivity contribution in [3.05, 3.63) is 95.6 Å². The topological polar surface area (TPSA) is 61.4 Å². The van der Waals surface area contributed by atoms with E-state index in [0.717, 1.165) is 28.2 Å². The Morgan fingerprint density at radius 1 is 0.839 bits per heavy atom. The van der Waals surface area contributed by atoms with Gasteiger partial charge in [-0.15, -0.1) is 0 Å². The number of rotatable bonds is 6. The summed E-state index contributed by atoms with van der Waals surface area (Å²) in [5, 5.41) is 6.37. The zero-order valence-electron chi connectivity index (χ0n) is 17.7. The van der Waals surface area contributed by atoms with E-state index in [0.29, 0.717) is 24.2 Å². The first kappa shape index (κ1) is 20.4. The number of amides is 2. The van der Waals surface area contributed by atoms with Crippen LogP contribution in [0.3, 0.4) is 0 Å². The van der Waals surface area contributed by atoms with Gasteiger partial charge in [-0.1, -0.05) is 48.5 Å². The Morgan fingerprint density at radius 3 is 2.16 bits per heavy atom. The Morgan fingerprint density at radius 2 is 1.48 bits per heavy atom. The standard InChI is InChI=1S/C26H25N3O2/c1-3-29(4-2)26(31)19-14-16-20(17-15-19)27-24(18-10-6-5-7-11-18)23-21-12-8-9-13-22(21)28-25(23)30/h5-17,27H,3-4H2,1-2H3,(H,28,30). The number of hydrogen-bond donors (Lipinski definition) is 2. The number of nitrogens with one attached hydrogen (secondary N) is 2. The molecular formula is C26H25N3O2. The maximum atomic E-state index is 12.9. The summed E-state index contributed by atoms with van der Waals surface area (Å²) in [6.45, 7) is 5.29. The first-order valence-corrected chi connectivity index (χ1v) is 10.5. The highest BCUT2D eigenvalue weighted by atomic mass is 16.2. The molecule has 156 valence electrons. The van der Waals surface area contributed by atoms with Crippen LogP contribution in [0, 0.1) is 0 Å². The largest absolute Gasteiger partial charge is 0.354 e. The van der Waals surface area contributed by atoms with Crippen molar-refractivity contribution in [2.45, 2.75) is 13.8 Å². The van der Waals surface area contributed by atoms with Crippen LogP contribution in [0.15, 0.2) is 78.9 Å². The lowest BCUT2D eigenvalue weighted by Crippen LogP contribution is -2.30. The van der Waals surface area contributed by atoms with Gasteiger partial charge in [0, 0.05) is 35.6 Å². The summed E-state index contributed by atoms with van der Waals surface area (Å²) >= 11 is 0. The van der Waals surface area contributed by atoms with E-state index in [2.05, 4.69) is 10.6 Å². The molecule has 0 saturated carbocycles. The van der Waals surface area contributed by atoms with Crippen LogP contribution in [0.2, 0.25) is 0 Å². The zero-order chi connectivity index (χ0) is 21.8. The Balaban J connectivity index is 1.73. The molecule has 2 amide bonds. The molecule has 0 saturated heterocycles. The van der Waals surface area contributed by atoms with Gasteiger partial charge in [0.05, 0.1) is 11.3 Å². The van der Waals surface area contributed by atoms with E-state index in [-0.39, 0.29) is 11.8 Å². The molecule has 0 spiro atoms. The summed E-state index contributed by atoms with van der Waals surface area (Å²) in [6, 6.07) is 24.8. The van der Waals surface area contributed by atoms with Crippen molar-refractivity contribution in [3.63, 3.8) is 0 Å². The number of para-hydroxylation sites is 1. The molecule has 3 aromatic rings. The van der Waals surface area contributed by atoms with Crippen LogP contribution in [0.4, 0.5) is 11.4 Å². The van der Waals surface area contributed by atoms with E-state index < -0.39 is 0 Å². The van der Waals surface area contributed by atoms with Gasteiger partial charge in [-0.05, 0) is 49.7 Å². The molecule has 0 fully saturated rings. The minimum absolute atomic E-state index is 0.0160. The van der Waals surface area contributed by atoms with Gasteiger partial charge in [0.1, 0.15) is 0 Å². The molecule has 5 nitrogen and oxygen atoms in total. The molecule has 1 aliphatic rings. The molecule has 4 rings (SSSR count). The van der Waals surface area contributed by atoms with Crippen LogP contribution in [0.25, 0.3) is 11.3 Å². The first-order chi connectivity index (χ1) is 15.1. The van der Waals surface area contributed by atoms with Crippen molar-refractivity contribution in [1.29, 1.82) is 0 Å². The van der Waals surface area contributed by atoms with Crippen LogP contribution in [0.5, 0.6) is 0 Å². The van der Waals surface area contributed by atoms with E-state index in [1.165, 1.54) is 0 Å². The van der Waals surface area contributed by atoms with E-state index in [1.54, 1.807) is 4.90 Å². The molecule has 31 heavy (non-hydrogen) atoms. The van der Waals surface area contributed by atoms with Crippen molar-refractivity contribution >= 4 is 34.5 Å². The summed E-state index contributed by atoms with van der Waals surface area (Å²) in [6.07, 6.45) is 0. The van der Waals surface area contributed by atoms with Crippen molar-refractivity contribution in [1.82, 2.24) is 4.90 Å². The first-order valence-electron chi connectivity index (χ1n) is 10.5. The smallest absolute Gasteiger partial charge is 0.258 e. The highest BCUT2D eigenvalue weighted by Crippen LogP contribution is 2.37. The fourth-order valence-corrected chi connectivity index (χ4v) is 3.78. The molecule has 2 N–H and O–H groups in total. The maximum Gasteiger partial charge on any atom is 0.258 e. The van der Waals surface area contributed by atoms with Gasteiger partial charge in [0.2, 0.25) is 0 Å². The molecule has 0 atom stereocenters. The Hall–Kier alpha value is -3.86. The average molecular weight is 412 g/mol. The molecule has 1 heterocycles. The Labute approximate surface area is 182 Å². The molecule has 0 unspecified atom stereocenters. The number of carbonyl (C=O) groups excluding carboxylic acids is 2. The van der Waals surface area contributed by atoms with Gasteiger partial charge < -0.3 is 15.5 Å². The SMILES string of the molecule is CCN(CC)C(=O)c1ccc(NC(=C2C(=O)Nc3ccccc32)c2ccccc2)cc1. The van der Waals surface area contributed by atoms with E-state index >= 15 is 0 Å². The molecule has 5 heteroatoms. The lowest BCUT2D eigenvalue weighted by Gasteiger charge is -2.19. The number of benzene rings is 3. The molecule has 1 aliphatic heterocycles. The van der Waals surface area contributed by atoms with Gasteiger partial charge in [-0.2, -0.15) is 0 Å². The van der Waals surface area contributed by atoms with Gasteiger partial charge in [0.25, 0.3) is 11.8 Å². The second-order valence-electron chi connectivity index (χ2n) is 7.30. The quantitative estimate of drug-likeness (QED) is 0.555. The maximum absolute atomic E-state index is 12.9. The average Bonchev–Trinajstić information content (AvgIpc) is 3.14. The van der Waals surface area contributed by atoms with Crippen LogP contribution in [-0.2, 0) is 4.79 Å². The van der Waals surface area contributed by atoms with Crippen LogP contribution in [0.1, 0.15) is 35.3 Å². The van der Waals surface area contributed by atoms with Gasteiger partial charge in [0.15, 0.2) is 0 Å². The number of anilines is 2. The van der Waals surface area contributed by atoms with Crippen LogP contribution >= 0.6 is 0 Å². The zero-order valence-corrected chi connectivity index (χ0v) is 17.7. The summed E-state index contributed by atoms with van der Waals surface area (Å²) in [5.41, 5.74) is 5.36. The Bertz CT molecular complexity index is 1130. The fourth-order valence-electron chi connectivity index (χ4n) is 3.78. The highest BCUT2D eigenvalue weighted by Gasteiger charge is 2.28. The van der Waals surface area contributed by atoms with Crippen molar-refractivity contribution in [3.8, 4) is 0 Å². The lowest BCUT2D eigenvalue weighted by molar-refractivity contribution is -0.110. The minimum Gasteiger partial charge on any atom is -0.354 e. The number of nitrogens with zero attached hydrogens (tertiary/aromatic N) is 1. The molecular weight excluding hydrogens is 386 g/mol. The van der Waals surface area contributed by atoms with Crippen molar-refractivity contribution in [2.75, 3.05) is 23.7 Å². The second kappa shape index (κ2) is 8.88. The predicted octanol–water partition coefficient (Wildman–Crippen LogP) is 5.10. The monoisotopic (exact) mass is 411 g/mol. The van der Waals surface area contributed by atoms with E-state index in [9.17, 15) is 9.59 Å². The summed E-state index contributed by atoms with van der Waals surface area (Å²) in [4.78, 5) is 27.2. The fraction of sp³-hybridized carbons (Fsp3) is 0.154. The van der Waals surface area contributed by atoms with Gasteiger partial charge in [-0.25, -0.2) is 0 Å². The van der Waals surface area contributed by atoms with Crippen molar-refractivity contribution in [2.24, 2.45) is 0 Å². The number of fused-ring (bicyclic) bond motifs is 1. The van der Waals surface area contributed by atoms with E-state index in [1.807, 2.05) is 92.7 Å².